The molecule has 3 N–H and O–H groups in total. The summed E-state index contributed by atoms with van der Waals surface area (Å²) in [5.41, 5.74) is 0.498. The van der Waals surface area contributed by atoms with Crippen LogP contribution in [0.25, 0.3) is 0 Å². The Labute approximate surface area is 151 Å². The van der Waals surface area contributed by atoms with Crippen LogP contribution in [0.2, 0.25) is 0 Å². The number of hydrogen-bond acceptors (Lipinski definition) is 5. The topological polar surface area (TPSA) is 85.5 Å². The van der Waals surface area contributed by atoms with E-state index in [1.807, 2.05) is 0 Å². The lowest BCUT2D eigenvalue weighted by atomic mass is 10.1. The monoisotopic (exact) mass is 403 g/mol. The highest BCUT2D eigenvalue weighted by Gasteiger charge is 2.29. The number of halogens is 1. The molecule has 0 aliphatic carbocycles. The maximum Gasteiger partial charge on any atom is 0.255 e. The Kier molecular flexibility index (Phi) is 7.95. The largest absolute Gasteiger partial charge is 0.496 e. The number of nitrogens with zero attached hydrogens (tertiary/aromatic N) is 2. The third-order valence-corrected chi connectivity index (χ3v) is 4.67. The molecule has 136 valence electrons. The summed E-state index contributed by atoms with van der Waals surface area (Å²) in [6, 6.07) is 3.55. The number of hydrazine groups is 1. The first-order chi connectivity index (χ1) is 11.0. The maximum atomic E-state index is 12.6. The number of methoxy groups -OCH3 is 2. The van der Waals surface area contributed by atoms with Crippen LogP contribution in [0.5, 0.6) is 11.5 Å². The van der Waals surface area contributed by atoms with E-state index in [1.165, 1.54) is 0 Å². The number of amides is 1. The highest BCUT2D eigenvalue weighted by atomic mass is 79.9. The van der Waals surface area contributed by atoms with Crippen LogP contribution in [0.1, 0.15) is 24.2 Å². The first-order valence-electron chi connectivity index (χ1n) is 7.76. The Morgan fingerprint density at radius 3 is 2.17 bits per heavy atom. The van der Waals surface area contributed by atoms with Crippen molar-refractivity contribution >= 4 is 21.8 Å². The Morgan fingerprint density at radius 1 is 1.17 bits per heavy atom. The summed E-state index contributed by atoms with van der Waals surface area (Å²) in [6.07, 6.45) is 0. The van der Waals surface area contributed by atoms with Gasteiger partial charge < -0.3 is 20.3 Å². The van der Waals surface area contributed by atoms with Crippen LogP contribution in [-0.4, -0.2) is 67.8 Å². The Bertz CT molecular complexity index is 558. The summed E-state index contributed by atoms with van der Waals surface area (Å²) in [7, 11) is 3.13. The zero-order valence-electron chi connectivity index (χ0n) is 14.6. The SMILES string of the molecule is CCN1CC(NC(=O)c2cc(Br)c(OC)cc2OC)CN1CC.O. The average Bonchev–Trinajstić information content (AvgIpc) is 2.96. The molecule has 1 aliphatic rings. The van der Waals surface area contributed by atoms with Crippen LogP contribution in [0.15, 0.2) is 16.6 Å². The van der Waals surface area contributed by atoms with Crippen molar-refractivity contribution in [1.82, 2.24) is 15.3 Å². The smallest absolute Gasteiger partial charge is 0.255 e. The Hall–Kier alpha value is -1.35. The molecule has 0 aromatic heterocycles. The lowest BCUT2D eigenvalue weighted by molar-refractivity contribution is 0.0388. The van der Waals surface area contributed by atoms with Gasteiger partial charge in [0.15, 0.2) is 0 Å². The number of benzene rings is 1. The number of carbonyl (C=O) groups excluding carboxylic acids is 1. The van der Waals surface area contributed by atoms with Gasteiger partial charge in [0.05, 0.1) is 30.3 Å². The first-order valence-corrected chi connectivity index (χ1v) is 8.55. The lowest BCUT2D eigenvalue weighted by Gasteiger charge is -2.24. The molecule has 8 heteroatoms. The summed E-state index contributed by atoms with van der Waals surface area (Å²) in [4.78, 5) is 12.6. The maximum absolute atomic E-state index is 12.6. The summed E-state index contributed by atoms with van der Waals surface area (Å²) in [6.45, 7) is 7.79. The van der Waals surface area contributed by atoms with Crippen molar-refractivity contribution in [3.63, 3.8) is 0 Å². The quantitative estimate of drug-likeness (QED) is 0.773. The molecule has 1 aromatic rings. The molecule has 1 heterocycles. The summed E-state index contributed by atoms with van der Waals surface area (Å²) in [5.74, 6) is 0.998. The van der Waals surface area contributed by atoms with Crippen LogP contribution < -0.4 is 14.8 Å². The highest BCUT2D eigenvalue weighted by Crippen LogP contribution is 2.32. The first kappa shape index (κ1) is 20.7. The number of carbonyl (C=O) groups is 1. The van der Waals surface area contributed by atoms with Crippen molar-refractivity contribution in [1.29, 1.82) is 0 Å². The van der Waals surface area contributed by atoms with Crippen LogP contribution in [0, 0.1) is 0 Å². The minimum Gasteiger partial charge on any atom is -0.496 e. The van der Waals surface area contributed by atoms with E-state index in [0.29, 0.717) is 17.1 Å². The van der Waals surface area contributed by atoms with E-state index in [9.17, 15) is 4.79 Å². The van der Waals surface area contributed by atoms with Gasteiger partial charge in [-0.2, -0.15) is 0 Å². The number of hydrogen-bond donors (Lipinski definition) is 1. The van der Waals surface area contributed by atoms with Crippen molar-refractivity contribution < 1.29 is 19.7 Å². The molecule has 1 fully saturated rings. The highest BCUT2D eigenvalue weighted by molar-refractivity contribution is 9.10. The molecule has 0 saturated carbocycles. The van der Waals surface area contributed by atoms with Crippen LogP contribution >= 0.6 is 15.9 Å². The van der Waals surface area contributed by atoms with Gasteiger partial charge in [-0.05, 0) is 22.0 Å². The van der Waals surface area contributed by atoms with Gasteiger partial charge in [0.2, 0.25) is 0 Å². The zero-order valence-corrected chi connectivity index (χ0v) is 16.1. The fraction of sp³-hybridized carbons (Fsp3) is 0.562. The molecule has 2 rings (SSSR count). The third-order valence-electron chi connectivity index (χ3n) is 4.05. The van der Waals surface area contributed by atoms with Crippen molar-refractivity contribution in [2.45, 2.75) is 19.9 Å². The number of likely N-dealkylation sites (N-methyl/N-ethyl adjacent to an activating group) is 2. The minimum atomic E-state index is -0.135. The average molecular weight is 404 g/mol. The van der Waals surface area contributed by atoms with E-state index in [1.54, 1.807) is 26.4 Å². The van der Waals surface area contributed by atoms with Gasteiger partial charge >= 0.3 is 0 Å². The van der Waals surface area contributed by atoms with Gasteiger partial charge in [-0.25, -0.2) is 10.0 Å². The Morgan fingerprint density at radius 2 is 1.71 bits per heavy atom. The van der Waals surface area contributed by atoms with Crippen LogP contribution in [0.3, 0.4) is 0 Å². The van der Waals surface area contributed by atoms with Crippen molar-refractivity contribution in [2.75, 3.05) is 40.4 Å². The molecule has 7 nitrogen and oxygen atoms in total. The van der Waals surface area contributed by atoms with Gasteiger partial charge in [-0.15, -0.1) is 0 Å². The van der Waals surface area contributed by atoms with Gasteiger partial charge in [0.25, 0.3) is 5.91 Å². The minimum absolute atomic E-state index is 0. The van der Waals surface area contributed by atoms with E-state index in [2.05, 4.69) is 45.1 Å². The van der Waals surface area contributed by atoms with Crippen molar-refractivity contribution in [2.24, 2.45) is 0 Å². The summed E-state index contributed by atoms with van der Waals surface area (Å²) < 4.78 is 11.3. The standard InChI is InChI=1S/C16H24BrN3O3.H2O/c1-5-19-9-11(10-20(19)6-2)18-16(21)12-7-13(17)15(23-4)8-14(12)22-3;/h7-8,11H,5-6,9-10H2,1-4H3,(H,18,21);1H2. The van der Waals surface area contributed by atoms with Crippen LogP contribution in [0.4, 0.5) is 0 Å². The molecule has 0 atom stereocenters. The number of rotatable bonds is 6. The molecule has 0 unspecified atom stereocenters. The fourth-order valence-electron chi connectivity index (χ4n) is 2.85. The molecule has 1 saturated heterocycles. The normalized spacial score (nSPS) is 15.9. The van der Waals surface area contributed by atoms with E-state index < -0.39 is 0 Å². The van der Waals surface area contributed by atoms with Gasteiger partial charge in [-0.1, -0.05) is 13.8 Å². The molecule has 1 amide bonds. The van der Waals surface area contributed by atoms with E-state index in [4.69, 9.17) is 9.47 Å². The predicted molar refractivity (Wildman–Crippen MR) is 96.6 cm³/mol. The van der Waals surface area contributed by atoms with Crippen LogP contribution in [-0.2, 0) is 0 Å². The second kappa shape index (κ2) is 9.22. The van der Waals surface area contributed by atoms with E-state index in [-0.39, 0.29) is 17.4 Å². The molecular weight excluding hydrogens is 378 g/mol. The van der Waals surface area contributed by atoms with Gasteiger partial charge in [0.1, 0.15) is 11.5 Å². The molecule has 0 radical (unpaired) electrons. The molecule has 0 bridgehead atoms. The molecule has 0 spiro atoms. The van der Waals surface area contributed by atoms with Crippen molar-refractivity contribution in [3.8, 4) is 11.5 Å². The third kappa shape index (κ3) is 4.38. The summed E-state index contributed by atoms with van der Waals surface area (Å²) >= 11 is 3.42. The molecule has 1 aromatic carbocycles. The molecule has 24 heavy (non-hydrogen) atoms. The fourth-order valence-corrected chi connectivity index (χ4v) is 3.35. The summed E-state index contributed by atoms with van der Waals surface area (Å²) in [5, 5.41) is 7.61. The second-order valence-corrected chi connectivity index (χ2v) is 6.22. The lowest BCUT2D eigenvalue weighted by Crippen LogP contribution is -2.38. The molecular formula is C16H26BrN3O4. The Balaban J connectivity index is 0.00000288. The second-order valence-electron chi connectivity index (χ2n) is 5.37. The van der Waals surface area contributed by atoms with Crippen molar-refractivity contribution in [3.05, 3.63) is 22.2 Å². The van der Waals surface area contributed by atoms with Gasteiger partial charge in [-0.3, -0.25) is 4.79 Å². The number of nitrogens with one attached hydrogen (secondary N) is 1. The van der Waals surface area contributed by atoms with Gasteiger partial charge in [0, 0.05) is 32.2 Å². The number of ether oxygens (including phenoxy) is 2. The predicted octanol–water partition coefficient (Wildman–Crippen LogP) is 1.31. The molecule has 1 aliphatic heterocycles. The zero-order chi connectivity index (χ0) is 17.0. The van der Waals surface area contributed by atoms with E-state index in [0.717, 1.165) is 30.7 Å². The van der Waals surface area contributed by atoms with E-state index >= 15 is 0 Å².